The van der Waals surface area contributed by atoms with Gasteiger partial charge >= 0.3 is 0 Å². The van der Waals surface area contributed by atoms with Gasteiger partial charge in [-0.3, -0.25) is 14.5 Å². The average molecular weight is 400 g/mol. The van der Waals surface area contributed by atoms with Crippen molar-refractivity contribution in [2.75, 3.05) is 38.1 Å². The highest BCUT2D eigenvalue weighted by atomic mass is 35.5. The fourth-order valence-corrected chi connectivity index (χ4v) is 4.01. The van der Waals surface area contributed by atoms with Crippen LogP contribution in [0.5, 0.6) is 0 Å². The van der Waals surface area contributed by atoms with E-state index in [0.29, 0.717) is 35.4 Å². The first-order valence-corrected chi connectivity index (χ1v) is 9.58. The molecule has 26 heavy (non-hydrogen) atoms. The van der Waals surface area contributed by atoms with Gasteiger partial charge in [-0.05, 0) is 44.5 Å². The number of nitrogens with one attached hydrogen (secondary N) is 1. The van der Waals surface area contributed by atoms with Crippen LogP contribution in [0.25, 0.3) is 0 Å². The smallest absolute Gasteiger partial charge is 0.241 e. The Bertz CT molecular complexity index is 665. The molecule has 2 atom stereocenters. The van der Waals surface area contributed by atoms with E-state index in [1.807, 2.05) is 16.7 Å². The molecule has 3 rings (SSSR count). The summed E-state index contributed by atoms with van der Waals surface area (Å²) >= 11 is 12.0. The van der Waals surface area contributed by atoms with E-state index in [4.69, 9.17) is 27.9 Å². The minimum absolute atomic E-state index is 0.0469. The quantitative estimate of drug-likeness (QED) is 0.844. The Morgan fingerprint density at radius 1 is 1.23 bits per heavy atom. The van der Waals surface area contributed by atoms with Crippen molar-refractivity contribution in [2.45, 2.75) is 31.9 Å². The highest BCUT2D eigenvalue weighted by Crippen LogP contribution is 2.24. The molecule has 0 aliphatic carbocycles. The number of hydrogen-bond donors (Lipinski definition) is 1. The monoisotopic (exact) mass is 399 g/mol. The first-order valence-electron chi connectivity index (χ1n) is 8.83. The van der Waals surface area contributed by atoms with Crippen molar-refractivity contribution in [2.24, 2.45) is 0 Å². The number of likely N-dealkylation sites (tertiary alicyclic amines) is 1. The number of ether oxygens (including phenoxy) is 1. The second-order valence-corrected chi connectivity index (χ2v) is 7.67. The van der Waals surface area contributed by atoms with Crippen LogP contribution in [0.2, 0.25) is 10.0 Å². The molecule has 2 fully saturated rings. The van der Waals surface area contributed by atoms with Gasteiger partial charge in [-0.1, -0.05) is 23.2 Å². The lowest BCUT2D eigenvalue weighted by Crippen LogP contribution is -2.50. The molecular formula is C18H23Cl2N3O3. The Morgan fingerprint density at radius 3 is 2.65 bits per heavy atom. The van der Waals surface area contributed by atoms with Gasteiger partial charge < -0.3 is 15.0 Å². The number of morpholine rings is 1. The van der Waals surface area contributed by atoms with E-state index in [1.54, 1.807) is 18.2 Å². The molecule has 2 heterocycles. The van der Waals surface area contributed by atoms with Crippen LogP contribution in [-0.4, -0.2) is 66.5 Å². The van der Waals surface area contributed by atoms with Crippen LogP contribution < -0.4 is 5.32 Å². The molecule has 2 aliphatic rings. The van der Waals surface area contributed by atoms with Crippen molar-refractivity contribution in [3.05, 3.63) is 28.2 Å². The summed E-state index contributed by atoms with van der Waals surface area (Å²) in [5.41, 5.74) is 0.563. The zero-order chi connectivity index (χ0) is 18.7. The van der Waals surface area contributed by atoms with Crippen molar-refractivity contribution < 1.29 is 14.3 Å². The predicted octanol–water partition coefficient (Wildman–Crippen LogP) is 2.64. The Balaban J connectivity index is 1.60. The van der Waals surface area contributed by atoms with Crippen molar-refractivity contribution in [1.29, 1.82) is 0 Å². The minimum atomic E-state index is -0.324. The molecule has 0 aromatic heterocycles. The maximum absolute atomic E-state index is 12.7. The first-order chi connectivity index (χ1) is 12.4. The fraction of sp³-hybridized carbons (Fsp3) is 0.556. The van der Waals surface area contributed by atoms with Gasteiger partial charge in [0, 0.05) is 28.8 Å². The molecule has 0 saturated carbocycles. The van der Waals surface area contributed by atoms with E-state index in [0.717, 1.165) is 19.4 Å². The van der Waals surface area contributed by atoms with Gasteiger partial charge in [0.1, 0.15) is 0 Å². The normalized spacial score (nSPS) is 23.9. The molecule has 1 aromatic carbocycles. The third kappa shape index (κ3) is 4.88. The van der Waals surface area contributed by atoms with Crippen LogP contribution in [0, 0.1) is 0 Å². The summed E-state index contributed by atoms with van der Waals surface area (Å²) in [6.07, 6.45) is 1.67. The zero-order valence-corrected chi connectivity index (χ0v) is 16.2. The number of benzene rings is 1. The fourth-order valence-electron chi connectivity index (χ4n) is 3.48. The number of carbonyl (C=O) groups excluding carboxylic acids is 2. The van der Waals surface area contributed by atoms with Gasteiger partial charge in [0.25, 0.3) is 0 Å². The maximum Gasteiger partial charge on any atom is 0.241 e. The number of nitrogens with zero attached hydrogens (tertiary/aromatic N) is 2. The van der Waals surface area contributed by atoms with Crippen LogP contribution >= 0.6 is 23.2 Å². The second-order valence-electron chi connectivity index (χ2n) is 6.80. The van der Waals surface area contributed by atoms with Crippen molar-refractivity contribution >= 4 is 40.7 Å². The van der Waals surface area contributed by atoms with Gasteiger partial charge in [0.2, 0.25) is 11.8 Å². The van der Waals surface area contributed by atoms with E-state index in [9.17, 15) is 9.59 Å². The van der Waals surface area contributed by atoms with Crippen molar-refractivity contribution in [1.82, 2.24) is 9.80 Å². The Morgan fingerprint density at radius 2 is 1.96 bits per heavy atom. The third-order valence-corrected chi connectivity index (χ3v) is 5.16. The minimum Gasteiger partial charge on any atom is -0.375 e. The Kier molecular flexibility index (Phi) is 6.40. The zero-order valence-electron chi connectivity index (χ0n) is 14.7. The number of hydrogen-bond acceptors (Lipinski definition) is 4. The molecule has 2 aliphatic heterocycles. The van der Waals surface area contributed by atoms with Gasteiger partial charge in [-0.15, -0.1) is 0 Å². The summed E-state index contributed by atoms with van der Waals surface area (Å²) in [6, 6.07) is 4.61. The van der Waals surface area contributed by atoms with Crippen LogP contribution in [0.15, 0.2) is 18.2 Å². The second kappa shape index (κ2) is 8.57. The average Bonchev–Trinajstić information content (AvgIpc) is 3.02. The number of carbonyl (C=O) groups is 2. The Hall–Kier alpha value is -1.34. The summed E-state index contributed by atoms with van der Waals surface area (Å²) in [7, 11) is 0. The van der Waals surface area contributed by atoms with Crippen LogP contribution in [0.4, 0.5) is 5.69 Å². The molecule has 0 unspecified atom stereocenters. The number of amides is 2. The summed E-state index contributed by atoms with van der Waals surface area (Å²) in [5.74, 6) is -0.0883. The summed E-state index contributed by atoms with van der Waals surface area (Å²) < 4.78 is 5.48. The van der Waals surface area contributed by atoms with Gasteiger partial charge in [-0.2, -0.15) is 0 Å². The molecular weight excluding hydrogens is 377 g/mol. The van der Waals surface area contributed by atoms with Crippen molar-refractivity contribution in [3.8, 4) is 0 Å². The van der Waals surface area contributed by atoms with Gasteiger partial charge in [-0.25, -0.2) is 0 Å². The molecule has 2 amide bonds. The lowest BCUT2D eigenvalue weighted by Gasteiger charge is -2.33. The maximum atomic E-state index is 12.7. The first kappa shape index (κ1) is 19.4. The molecule has 0 spiro atoms. The summed E-state index contributed by atoms with van der Waals surface area (Å²) in [6.45, 7) is 4.72. The van der Waals surface area contributed by atoms with E-state index in [1.165, 1.54) is 0 Å². The molecule has 142 valence electrons. The lowest BCUT2D eigenvalue weighted by atomic mass is 10.2. The van der Waals surface area contributed by atoms with E-state index >= 15 is 0 Å². The number of halogens is 2. The number of rotatable bonds is 4. The van der Waals surface area contributed by atoms with Crippen molar-refractivity contribution in [3.63, 3.8) is 0 Å². The highest BCUT2D eigenvalue weighted by molar-refractivity contribution is 6.35. The van der Waals surface area contributed by atoms with Crippen LogP contribution in [0.1, 0.15) is 19.8 Å². The Labute approximate surface area is 163 Å². The molecule has 0 bridgehead atoms. The molecule has 1 N–H and O–H groups in total. The van der Waals surface area contributed by atoms with Gasteiger partial charge in [0.05, 0.1) is 25.3 Å². The molecule has 0 radical (unpaired) electrons. The van der Waals surface area contributed by atoms with Crippen LogP contribution in [-0.2, 0) is 14.3 Å². The summed E-state index contributed by atoms with van der Waals surface area (Å²) in [4.78, 5) is 29.0. The van der Waals surface area contributed by atoms with Gasteiger partial charge in [0.15, 0.2) is 0 Å². The highest BCUT2D eigenvalue weighted by Gasteiger charge is 2.33. The van der Waals surface area contributed by atoms with Crippen LogP contribution in [0.3, 0.4) is 0 Å². The summed E-state index contributed by atoms with van der Waals surface area (Å²) in [5, 5.41) is 3.79. The molecule has 1 aromatic rings. The number of anilines is 1. The predicted molar refractivity (Wildman–Crippen MR) is 102 cm³/mol. The molecule has 8 heteroatoms. The third-order valence-electron chi connectivity index (χ3n) is 4.73. The lowest BCUT2D eigenvalue weighted by molar-refractivity contribution is -0.140. The molecule has 6 nitrogen and oxygen atoms in total. The van der Waals surface area contributed by atoms with E-state index in [2.05, 4.69) is 5.32 Å². The largest absolute Gasteiger partial charge is 0.375 e. The van der Waals surface area contributed by atoms with E-state index in [-0.39, 0.29) is 30.5 Å². The molecule has 2 saturated heterocycles. The van der Waals surface area contributed by atoms with E-state index < -0.39 is 0 Å². The standard InChI is InChI=1S/C18H23Cl2N3O3/c1-12-10-23(5-6-26-12)17(24)11-22-4-2-3-16(22)18(25)21-15-8-13(19)7-14(20)9-15/h7-9,12,16H,2-6,10-11H2,1H3,(H,21,25)/t12-,16-/m1/s1. The SMILES string of the molecule is C[C@@H]1CN(C(=O)CN2CCC[C@@H]2C(=O)Nc2cc(Cl)cc(Cl)c2)CCO1. The topological polar surface area (TPSA) is 61.9 Å².